The topological polar surface area (TPSA) is 29.3 Å². The van der Waals surface area contributed by atoms with Crippen molar-refractivity contribution in [2.24, 2.45) is 0 Å². The number of benzene rings is 2. The number of likely N-dealkylation sites (tertiary alicyclic amines) is 1. The molecule has 1 atom stereocenters. The van der Waals surface area contributed by atoms with Gasteiger partial charge < -0.3 is 4.42 Å². The van der Waals surface area contributed by atoms with Crippen LogP contribution in [0.3, 0.4) is 0 Å². The fourth-order valence-electron chi connectivity index (χ4n) is 3.14. The molecule has 0 saturated carbocycles. The Labute approximate surface area is 134 Å². The predicted molar refractivity (Wildman–Crippen MR) is 88.1 cm³/mol. The minimum atomic E-state index is 0.381. The highest BCUT2D eigenvalue weighted by Crippen LogP contribution is 2.30. The highest BCUT2D eigenvalue weighted by atomic mass is 35.5. The van der Waals surface area contributed by atoms with E-state index in [0.29, 0.717) is 5.92 Å². The molecule has 0 bridgehead atoms. The normalized spacial score (nSPS) is 19.0. The van der Waals surface area contributed by atoms with Crippen molar-refractivity contribution in [1.29, 1.82) is 0 Å². The zero-order valence-corrected chi connectivity index (χ0v) is 13.0. The van der Waals surface area contributed by atoms with Crippen LogP contribution in [0.15, 0.2) is 52.9 Å². The van der Waals surface area contributed by atoms with E-state index in [1.165, 1.54) is 5.56 Å². The van der Waals surface area contributed by atoms with Crippen LogP contribution in [0.1, 0.15) is 23.8 Å². The van der Waals surface area contributed by atoms with E-state index in [0.717, 1.165) is 48.1 Å². The molecule has 1 aromatic heterocycles. The molecule has 1 aliphatic heterocycles. The first kappa shape index (κ1) is 13.8. The summed E-state index contributed by atoms with van der Waals surface area (Å²) in [5.74, 6) is 1.25. The first-order valence-corrected chi connectivity index (χ1v) is 7.98. The van der Waals surface area contributed by atoms with Gasteiger partial charge in [-0.25, -0.2) is 4.98 Å². The zero-order chi connectivity index (χ0) is 14.9. The van der Waals surface area contributed by atoms with Crippen molar-refractivity contribution < 1.29 is 4.42 Å². The zero-order valence-electron chi connectivity index (χ0n) is 12.2. The van der Waals surface area contributed by atoms with Crippen LogP contribution in [0.5, 0.6) is 0 Å². The summed E-state index contributed by atoms with van der Waals surface area (Å²) in [5.41, 5.74) is 3.09. The number of para-hydroxylation sites is 2. The van der Waals surface area contributed by atoms with Gasteiger partial charge in [-0.15, -0.1) is 0 Å². The average Bonchev–Trinajstić information content (AvgIpc) is 3.13. The van der Waals surface area contributed by atoms with Crippen molar-refractivity contribution in [2.75, 3.05) is 13.1 Å². The largest absolute Gasteiger partial charge is 0.440 e. The minimum Gasteiger partial charge on any atom is -0.440 e. The van der Waals surface area contributed by atoms with E-state index in [1.807, 2.05) is 42.5 Å². The van der Waals surface area contributed by atoms with Crippen LogP contribution < -0.4 is 0 Å². The summed E-state index contributed by atoms with van der Waals surface area (Å²) in [6.07, 6.45) is 1.09. The Kier molecular flexibility index (Phi) is 3.60. The third-order valence-electron chi connectivity index (χ3n) is 4.23. The lowest BCUT2D eigenvalue weighted by Crippen LogP contribution is -2.19. The second kappa shape index (κ2) is 5.75. The van der Waals surface area contributed by atoms with E-state index in [9.17, 15) is 0 Å². The molecular weight excluding hydrogens is 296 g/mol. The Morgan fingerprint density at radius 3 is 2.95 bits per heavy atom. The van der Waals surface area contributed by atoms with Crippen molar-refractivity contribution in [1.82, 2.24) is 9.88 Å². The van der Waals surface area contributed by atoms with Crippen molar-refractivity contribution in [3.63, 3.8) is 0 Å². The van der Waals surface area contributed by atoms with E-state index in [1.54, 1.807) is 0 Å². The standard InChI is InChI=1S/C18H17ClN2O/c19-15-5-3-4-13(10-15)11-21-9-8-14(12-21)18-20-16-6-1-2-7-17(16)22-18/h1-7,10,14H,8-9,11-12H2/t14-/m0/s1. The Hall–Kier alpha value is -1.84. The van der Waals surface area contributed by atoms with Gasteiger partial charge in [0.1, 0.15) is 5.52 Å². The molecule has 0 N–H and O–H groups in total. The van der Waals surface area contributed by atoms with Gasteiger partial charge in [-0.1, -0.05) is 35.9 Å². The van der Waals surface area contributed by atoms with Gasteiger partial charge in [-0.2, -0.15) is 0 Å². The number of aromatic nitrogens is 1. The molecule has 3 nitrogen and oxygen atoms in total. The molecule has 112 valence electrons. The monoisotopic (exact) mass is 312 g/mol. The summed E-state index contributed by atoms with van der Waals surface area (Å²) < 4.78 is 5.91. The number of oxazole rings is 1. The van der Waals surface area contributed by atoms with Crippen LogP contribution in [0.2, 0.25) is 5.02 Å². The second-order valence-electron chi connectivity index (χ2n) is 5.87. The predicted octanol–water partition coefficient (Wildman–Crippen LogP) is 4.47. The molecule has 22 heavy (non-hydrogen) atoms. The molecule has 0 unspecified atom stereocenters. The SMILES string of the molecule is Clc1cccc(CN2CC[C@H](c3nc4ccccc4o3)C2)c1. The van der Waals surface area contributed by atoms with Crippen LogP contribution in [-0.4, -0.2) is 23.0 Å². The molecule has 0 aliphatic carbocycles. The minimum absolute atomic E-state index is 0.381. The van der Waals surface area contributed by atoms with E-state index >= 15 is 0 Å². The van der Waals surface area contributed by atoms with E-state index in [-0.39, 0.29) is 0 Å². The molecule has 2 heterocycles. The molecule has 0 amide bonds. The fourth-order valence-corrected chi connectivity index (χ4v) is 3.35. The average molecular weight is 313 g/mol. The Bertz CT molecular complexity index is 765. The van der Waals surface area contributed by atoms with E-state index < -0.39 is 0 Å². The van der Waals surface area contributed by atoms with Crippen molar-refractivity contribution in [2.45, 2.75) is 18.9 Å². The highest BCUT2D eigenvalue weighted by Gasteiger charge is 2.27. The van der Waals surface area contributed by atoms with Gasteiger partial charge in [0, 0.05) is 24.0 Å². The molecule has 1 aliphatic rings. The highest BCUT2D eigenvalue weighted by molar-refractivity contribution is 6.30. The molecule has 3 aromatic rings. The third-order valence-corrected chi connectivity index (χ3v) is 4.46. The van der Waals surface area contributed by atoms with Crippen LogP contribution in [0.4, 0.5) is 0 Å². The van der Waals surface area contributed by atoms with E-state index in [2.05, 4.69) is 16.0 Å². The summed E-state index contributed by atoms with van der Waals surface area (Å²) in [6, 6.07) is 16.0. The molecule has 1 fully saturated rings. The number of nitrogens with zero attached hydrogens (tertiary/aromatic N) is 2. The van der Waals surface area contributed by atoms with Crippen molar-refractivity contribution in [3.05, 3.63) is 65.0 Å². The molecule has 0 radical (unpaired) electrons. The Morgan fingerprint density at radius 1 is 1.18 bits per heavy atom. The maximum Gasteiger partial charge on any atom is 0.199 e. The van der Waals surface area contributed by atoms with Crippen LogP contribution in [0.25, 0.3) is 11.1 Å². The molecule has 4 rings (SSSR count). The summed E-state index contributed by atoms with van der Waals surface area (Å²) in [7, 11) is 0. The lowest BCUT2D eigenvalue weighted by atomic mass is 10.1. The quantitative estimate of drug-likeness (QED) is 0.714. The lowest BCUT2D eigenvalue weighted by molar-refractivity contribution is 0.321. The number of halogens is 1. The first-order valence-electron chi connectivity index (χ1n) is 7.60. The smallest absolute Gasteiger partial charge is 0.199 e. The second-order valence-corrected chi connectivity index (χ2v) is 6.31. The number of hydrogen-bond acceptors (Lipinski definition) is 3. The lowest BCUT2D eigenvalue weighted by Gasteiger charge is -2.15. The summed E-state index contributed by atoms with van der Waals surface area (Å²) in [5, 5.41) is 0.798. The summed E-state index contributed by atoms with van der Waals surface area (Å²) >= 11 is 6.06. The summed E-state index contributed by atoms with van der Waals surface area (Å²) in [6.45, 7) is 2.98. The van der Waals surface area contributed by atoms with Crippen LogP contribution in [-0.2, 0) is 6.54 Å². The fraction of sp³-hybridized carbons (Fsp3) is 0.278. The number of fused-ring (bicyclic) bond motifs is 1. The van der Waals surface area contributed by atoms with Gasteiger partial charge in [0.15, 0.2) is 11.5 Å². The van der Waals surface area contributed by atoms with Gasteiger partial charge in [-0.05, 0) is 42.8 Å². The third kappa shape index (κ3) is 2.74. The molecular formula is C18H17ClN2O. The van der Waals surface area contributed by atoms with Gasteiger partial charge in [0.2, 0.25) is 0 Å². The van der Waals surface area contributed by atoms with Gasteiger partial charge >= 0.3 is 0 Å². The maximum atomic E-state index is 6.06. The number of rotatable bonds is 3. The maximum absolute atomic E-state index is 6.06. The molecule has 4 heteroatoms. The van der Waals surface area contributed by atoms with Gasteiger partial charge in [0.25, 0.3) is 0 Å². The van der Waals surface area contributed by atoms with Gasteiger partial charge in [-0.3, -0.25) is 4.90 Å². The molecule has 2 aromatic carbocycles. The Morgan fingerprint density at radius 2 is 2.09 bits per heavy atom. The Balaban J connectivity index is 1.47. The van der Waals surface area contributed by atoms with Crippen molar-refractivity contribution >= 4 is 22.7 Å². The summed E-state index contributed by atoms with van der Waals surface area (Å²) in [4.78, 5) is 7.07. The number of hydrogen-bond donors (Lipinski definition) is 0. The van der Waals surface area contributed by atoms with Crippen LogP contribution >= 0.6 is 11.6 Å². The first-order chi connectivity index (χ1) is 10.8. The van der Waals surface area contributed by atoms with Gasteiger partial charge in [0.05, 0.1) is 0 Å². The van der Waals surface area contributed by atoms with E-state index in [4.69, 9.17) is 16.0 Å². The van der Waals surface area contributed by atoms with Crippen molar-refractivity contribution in [3.8, 4) is 0 Å². The molecule has 0 spiro atoms. The molecule has 1 saturated heterocycles. The van der Waals surface area contributed by atoms with Crippen LogP contribution in [0, 0.1) is 0 Å².